The van der Waals surface area contributed by atoms with Crippen LogP contribution in [0.1, 0.15) is 17.0 Å². The van der Waals surface area contributed by atoms with Crippen molar-refractivity contribution in [1.82, 2.24) is 9.78 Å². The van der Waals surface area contributed by atoms with Crippen molar-refractivity contribution < 1.29 is 10.2 Å². The van der Waals surface area contributed by atoms with E-state index in [1.54, 1.807) is 28.9 Å². The zero-order valence-corrected chi connectivity index (χ0v) is 9.31. The molecule has 0 saturated heterocycles. The average molecular weight is 218 g/mol. The lowest BCUT2D eigenvalue weighted by atomic mass is 10.2. The smallest absolute Gasteiger partial charge is 0.115 e. The molecule has 1 heterocycles. The summed E-state index contributed by atoms with van der Waals surface area (Å²) < 4.78 is 1.76. The number of benzene rings is 1. The van der Waals surface area contributed by atoms with Crippen LogP contribution in [0.3, 0.4) is 0 Å². The van der Waals surface area contributed by atoms with Crippen LogP contribution in [-0.4, -0.2) is 20.0 Å². The lowest BCUT2D eigenvalue weighted by molar-refractivity contribution is 0.280. The molecular weight excluding hydrogens is 204 g/mol. The van der Waals surface area contributed by atoms with Gasteiger partial charge in [-0.15, -0.1) is 0 Å². The zero-order chi connectivity index (χ0) is 11.7. The monoisotopic (exact) mass is 218 g/mol. The maximum Gasteiger partial charge on any atom is 0.115 e. The average Bonchev–Trinajstić information content (AvgIpc) is 2.55. The van der Waals surface area contributed by atoms with Gasteiger partial charge in [-0.3, -0.25) is 0 Å². The highest BCUT2D eigenvalue weighted by molar-refractivity contribution is 5.39. The highest BCUT2D eigenvalue weighted by Crippen LogP contribution is 2.19. The second-order valence-corrected chi connectivity index (χ2v) is 3.74. The summed E-state index contributed by atoms with van der Waals surface area (Å²) in [6.45, 7) is 3.78. The highest BCUT2D eigenvalue weighted by Gasteiger charge is 2.11. The molecule has 0 aliphatic rings. The topological polar surface area (TPSA) is 58.3 Å². The van der Waals surface area contributed by atoms with E-state index in [-0.39, 0.29) is 12.4 Å². The minimum atomic E-state index is -0.00422. The number of nitrogens with zero attached hydrogens (tertiary/aromatic N) is 2. The van der Waals surface area contributed by atoms with Crippen LogP contribution < -0.4 is 0 Å². The van der Waals surface area contributed by atoms with Gasteiger partial charge in [0.25, 0.3) is 0 Å². The lowest BCUT2D eigenvalue weighted by Gasteiger charge is -2.04. The Morgan fingerprint density at radius 3 is 2.31 bits per heavy atom. The second-order valence-electron chi connectivity index (χ2n) is 3.74. The Bertz CT molecular complexity index is 500. The molecule has 0 amide bonds. The quantitative estimate of drug-likeness (QED) is 0.806. The predicted octanol–water partition coefficient (Wildman–Crippen LogP) is 1.69. The van der Waals surface area contributed by atoms with Crippen LogP contribution >= 0.6 is 0 Å². The fourth-order valence-corrected chi connectivity index (χ4v) is 1.75. The molecule has 0 atom stereocenters. The van der Waals surface area contributed by atoms with Crippen molar-refractivity contribution in [2.24, 2.45) is 0 Å². The molecule has 1 aromatic carbocycles. The summed E-state index contributed by atoms with van der Waals surface area (Å²) in [5.74, 6) is 0.229. The highest BCUT2D eigenvalue weighted by atomic mass is 16.3. The van der Waals surface area contributed by atoms with Crippen molar-refractivity contribution >= 4 is 0 Å². The molecule has 0 fully saturated rings. The van der Waals surface area contributed by atoms with Crippen molar-refractivity contribution in [2.75, 3.05) is 0 Å². The maximum absolute atomic E-state index is 9.21. The van der Waals surface area contributed by atoms with Crippen molar-refractivity contribution in [3.63, 3.8) is 0 Å². The molecule has 0 radical (unpaired) electrons. The Labute approximate surface area is 93.8 Å². The third-order valence-corrected chi connectivity index (χ3v) is 2.69. The van der Waals surface area contributed by atoms with Gasteiger partial charge in [-0.25, -0.2) is 4.68 Å². The van der Waals surface area contributed by atoms with E-state index >= 15 is 0 Å². The fraction of sp³-hybridized carbons (Fsp3) is 0.250. The number of phenolic OH excluding ortho intramolecular Hbond substituents is 1. The van der Waals surface area contributed by atoms with Crippen LogP contribution in [0.5, 0.6) is 5.75 Å². The Balaban J connectivity index is 2.52. The zero-order valence-electron chi connectivity index (χ0n) is 9.31. The number of rotatable bonds is 2. The molecular formula is C12H14N2O2. The fourth-order valence-electron chi connectivity index (χ4n) is 1.75. The number of hydrogen-bond acceptors (Lipinski definition) is 3. The molecule has 0 spiro atoms. The number of phenols is 1. The molecule has 0 aliphatic carbocycles. The van der Waals surface area contributed by atoms with E-state index in [4.69, 9.17) is 0 Å². The number of aromatic hydroxyl groups is 1. The molecule has 16 heavy (non-hydrogen) atoms. The number of aliphatic hydroxyl groups is 1. The lowest BCUT2D eigenvalue weighted by Crippen LogP contribution is -1.99. The van der Waals surface area contributed by atoms with Gasteiger partial charge < -0.3 is 10.2 Å². The number of aryl methyl sites for hydroxylation is 1. The molecule has 0 saturated carbocycles. The van der Waals surface area contributed by atoms with Crippen molar-refractivity contribution in [1.29, 1.82) is 0 Å². The molecule has 0 aliphatic heterocycles. The molecule has 84 valence electrons. The standard InChI is InChI=1S/C12H14N2O2/c1-8-12(7-15)9(2)14(13-8)10-3-5-11(16)6-4-10/h3-6,15-16H,7H2,1-2H3. The number of aliphatic hydroxyl groups excluding tert-OH is 1. The van der Waals surface area contributed by atoms with E-state index in [1.807, 2.05) is 13.8 Å². The maximum atomic E-state index is 9.21. The summed E-state index contributed by atoms with van der Waals surface area (Å²) in [5, 5.41) is 22.8. The summed E-state index contributed by atoms with van der Waals surface area (Å²) in [6.07, 6.45) is 0. The van der Waals surface area contributed by atoms with Gasteiger partial charge in [0, 0.05) is 11.3 Å². The summed E-state index contributed by atoms with van der Waals surface area (Å²) in [7, 11) is 0. The largest absolute Gasteiger partial charge is 0.508 e. The summed E-state index contributed by atoms with van der Waals surface area (Å²) in [6, 6.07) is 6.81. The van der Waals surface area contributed by atoms with Crippen LogP contribution in [0.25, 0.3) is 5.69 Å². The Morgan fingerprint density at radius 2 is 1.81 bits per heavy atom. The first kappa shape index (κ1) is 10.7. The van der Waals surface area contributed by atoms with Crippen molar-refractivity contribution in [3.05, 3.63) is 41.2 Å². The summed E-state index contributed by atoms with van der Waals surface area (Å²) >= 11 is 0. The molecule has 0 bridgehead atoms. The van der Waals surface area contributed by atoms with Crippen LogP contribution in [0, 0.1) is 13.8 Å². The Hall–Kier alpha value is -1.81. The first-order valence-electron chi connectivity index (χ1n) is 5.09. The van der Waals surface area contributed by atoms with E-state index in [0.717, 1.165) is 22.6 Å². The van der Waals surface area contributed by atoms with Gasteiger partial charge in [-0.1, -0.05) is 0 Å². The number of aromatic nitrogens is 2. The van der Waals surface area contributed by atoms with E-state index in [0.29, 0.717) is 0 Å². The minimum absolute atomic E-state index is 0.00422. The normalized spacial score (nSPS) is 10.7. The molecule has 2 aromatic rings. The third kappa shape index (κ3) is 1.67. The summed E-state index contributed by atoms with van der Waals surface area (Å²) in [4.78, 5) is 0. The van der Waals surface area contributed by atoms with Gasteiger partial charge >= 0.3 is 0 Å². The van der Waals surface area contributed by atoms with Crippen LogP contribution in [-0.2, 0) is 6.61 Å². The Morgan fingerprint density at radius 1 is 1.19 bits per heavy atom. The minimum Gasteiger partial charge on any atom is -0.508 e. The van der Waals surface area contributed by atoms with Gasteiger partial charge in [0.2, 0.25) is 0 Å². The van der Waals surface area contributed by atoms with E-state index in [1.165, 1.54) is 0 Å². The number of hydrogen-bond donors (Lipinski definition) is 2. The van der Waals surface area contributed by atoms with E-state index in [9.17, 15) is 10.2 Å². The van der Waals surface area contributed by atoms with Gasteiger partial charge in [0.05, 0.1) is 18.0 Å². The van der Waals surface area contributed by atoms with E-state index in [2.05, 4.69) is 5.10 Å². The van der Waals surface area contributed by atoms with Crippen molar-refractivity contribution in [2.45, 2.75) is 20.5 Å². The molecule has 2 N–H and O–H groups in total. The van der Waals surface area contributed by atoms with Crippen molar-refractivity contribution in [3.8, 4) is 11.4 Å². The molecule has 0 unspecified atom stereocenters. The van der Waals surface area contributed by atoms with Crippen LogP contribution in [0.2, 0.25) is 0 Å². The van der Waals surface area contributed by atoms with Gasteiger partial charge in [0.1, 0.15) is 5.75 Å². The van der Waals surface area contributed by atoms with Crippen LogP contribution in [0.15, 0.2) is 24.3 Å². The van der Waals surface area contributed by atoms with Gasteiger partial charge in [-0.2, -0.15) is 5.10 Å². The van der Waals surface area contributed by atoms with Crippen LogP contribution in [0.4, 0.5) is 0 Å². The van der Waals surface area contributed by atoms with E-state index < -0.39 is 0 Å². The third-order valence-electron chi connectivity index (χ3n) is 2.69. The predicted molar refractivity (Wildman–Crippen MR) is 60.6 cm³/mol. The van der Waals surface area contributed by atoms with Gasteiger partial charge in [0.15, 0.2) is 0 Å². The SMILES string of the molecule is Cc1nn(-c2ccc(O)cc2)c(C)c1CO. The first-order valence-corrected chi connectivity index (χ1v) is 5.09. The molecule has 1 aromatic heterocycles. The first-order chi connectivity index (χ1) is 7.63. The van der Waals surface area contributed by atoms with Gasteiger partial charge in [-0.05, 0) is 38.1 Å². The Kier molecular flexibility index (Phi) is 2.66. The second kappa shape index (κ2) is 3.98. The summed E-state index contributed by atoms with van der Waals surface area (Å²) in [5.41, 5.74) is 3.48. The molecule has 4 nitrogen and oxygen atoms in total. The molecule has 4 heteroatoms. The molecule has 2 rings (SSSR count).